The molecule has 1 aromatic carbocycles. The van der Waals surface area contributed by atoms with Crippen molar-refractivity contribution in [2.75, 3.05) is 10.6 Å². The SMILES string of the molecule is O=C(Nc1nnc(-c2ccc(Br)o2)o1)Nc1ccccc1F. The van der Waals surface area contributed by atoms with Gasteiger partial charge in [0.2, 0.25) is 0 Å². The molecule has 0 atom stereocenters. The van der Waals surface area contributed by atoms with Gasteiger partial charge >= 0.3 is 12.0 Å². The number of benzene rings is 1. The average Bonchev–Trinajstić information content (AvgIpc) is 3.10. The summed E-state index contributed by atoms with van der Waals surface area (Å²) >= 11 is 3.15. The fraction of sp³-hybridized carbons (Fsp3) is 0. The number of para-hydroxylation sites is 1. The van der Waals surface area contributed by atoms with Crippen LogP contribution in [0.1, 0.15) is 0 Å². The number of nitrogens with zero attached hydrogens (tertiary/aromatic N) is 2. The van der Waals surface area contributed by atoms with E-state index in [2.05, 4.69) is 36.8 Å². The van der Waals surface area contributed by atoms with Crippen molar-refractivity contribution in [2.24, 2.45) is 0 Å². The van der Waals surface area contributed by atoms with Crippen LogP contribution in [-0.4, -0.2) is 16.2 Å². The zero-order valence-corrected chi connectivity index (χ0v) is 12.4. The first kappa shape index (κ1) is 14.3. The fourth-order valence-electron chi connectivity index (χ4n) is 1.62. The van der Waals surface area contributed by atoms with Crippen molar-refractivity contribution in [3.8, 4) is 11.7 Å². The van der Waals surface area contributed by atoms with Crippen molar-refractivity contribution in [3.05, 3.63) is 46.9 Å². The molecule has 2 aromatic heterocycles. The number of rotatable bonds is 3. The minimum atomic E-state index is -0.707. The third kappa shape index (κ3) is 3.14. The van der Waals surface area contributed by atoms with Crippen LogP contribution in [0.15, 0.2) is 49.9 Å². The Morgan fingerprint density at radius 2 is 1.91 bits per heavy atom. The molecule has 2 amide bonds. The Kier molecular flexibility index (Phi) is 3.88. The van der Waals surface area contributed by atoms with Gasteiger partial charge in [0.1, 0.15) is 5.82 Å². The molecule has 0 saturated carbocycles. The molecule has 0 radical (unpaired) electrons. The van der Waals surface area contributed by atoms with Crippen LogP contribution in [0.2, 0.25) is 0 Å². The van der Waals surface area contributed by atoms with Crippen molar-refractivity contribution >= 4 is 33.7 Å². The summed E-state index contributed by atoms with van der Waals surface area (Å²) in [7, 11) is 0. The largest absolute Gasteiger partial charge is 0.444 e. The molecule has 0 aliphatic rings. The van der Waals surface area contributed by atoms with Gasteiger partial charge in [-0.15, -0.1) is 5.10 Å². The Labute approximate surface area is 131 Å². The Hall–Kier alpha value is -2.68. The molecular formula is C13H8BrFN4O3. The average molecular weight is 367 g/mol. The van der Waals surface area contributed by atoms with Crippen LogP contribution in [0.25, 0.3) is 11.7 Å². The van der Waals surface area contributed by atoms with Crippen molar-refractivity contribution in [1.82, 2.24) is 10.2 Å². The van der Waals surface area contributed by atoms with Gasteiger partial charge in [0.05, 0.1) is 5.69 Å². The number of carbonyl (C=O) groups excluding carboxylic acids is 1. The number of amides is 2. The van der Waals surface area contributed by atoms with Crippen LogP contribution in [0.3, 0.4) is 0 Å². The number of halogens is 2. The molecule has 2 N–H and O–H groups in total. The van der Waals surface area contributed by atoms with E-state index in [0.717, 1.165) is 0 Å². The summed E-state index contributed by atoms with van der Waals surface area (Å²) in [6.45, 7) is 0. The monoisotopic (exact) mass is 366 g/mol. The first-order valence-corrected chi connectivity index (χ1v) is 6.83. The smallest absolute Gasteiger partial charge is 0.327 e. The van der Waals surface area contributed by atoms with Gasteiger partial charge in [-0.05, 0) is 40.2 Å². The number of carbonyl (C=O) groups is 1. The quantitative estimate of drug-likeness (QED) is 0.733. The second kappa shape index (κ2) is 5.98. The van der Waals surface area contributed by atoms with Gasteiger partial charge in [-0.2, -0.15) is 0 Å². The molecule has 0 fully saturated rings. The van der Waals surface area contributed by atoms with Crippen LogP contribution in [-0.2, 0) is 0 Å². The topological polar surface area (TPSA) is 93.2 Å². The van der Waals surface area contributed by atoms with Crippen LogP contribution < -0.4 is 10.6 Å². The molecule has 3 rings (SSSR count). The molecule has 0 bridgehead atoms. The molecule has 7 nitrogen and oxygen atoms in total. The number of hydrogen-bond donors (Lipinski definition) is 2. The minimum absolute atomic E-state index is 0.0368. The summed E-state index contributed by atoms with van der Waals surface area (Å²) in [6, 6.07) is 8.21. The lowest BCUT2D eigenvalue weighted by Gasteiger charge is -2.04. The van der Waals surface area contributed by atoms with Crippen molar-refractivity contribution in [3.63, 3.8) is 0 Å². The molecular weight excluding hydrogens is 359 g/mol. The molecule has 112 valence electrons. The van der Waals surface area contributed by atoms with Gasteiger partial charge in [0.15, 0.2) is 10.4 Å². The predicted molar refractivity (Wildman–Crippen MR) is 78.7 cm³/mol. The molecule has 22 heavy (non-hydrogen) atoms. The summed E-state index contributed by atoms with van der Waals surface area (Å²) < 4.78 is 24.4. The summed E-state index contributed by atoms with van der Waals surface area (Å²) in [5.74, 6) is -0.0990. The Morgan fingerprint density at radius 1 is 1.09 bits per heavy atom. The first-order chi connectivity index (χ1) is 10.6. The molecule has 9 heteroatoms. The lowest BCUT2D eigenvalue weighted by atomic mass is 10.3. The van der Waals surface area contributed by atoms with Crippen molar-refractivity contribution in [1.29, 1.82) is 0 Å². The molecule has 0 aliphatic heterocycles. The maximum atomic E-state index is 13.4. The van der Waals surface area contributed by atoms with Gasteiger partial charge in [0.25, 0.3) is 5.89 Å². The second-order valence-electron chi connectivity index (χ2n) is 4.08. The molecule has 0 aliphatic carbocycles. The van der Waals surface area contributed by atoms with Gasteiger partial charge < -0.3 is 14.2 Å². The van der Waals surface area contributed by atoms with Crippen LogP contribution in [0, 0.1) is 5.82 Å². The first-order valence-electron chi connectivity index (χ1n) is 6.03. The minimum Gasteiger partial charge on any atom is -0.444 e. The summed E-state index contributed by atoms with van der Waals surface area (Å²) in [4.78, 5) is 11.7. The number of furan rings is 1. The molecule has 0 saturated heterocycles. The Balaban J connectivity index is 1.67. The van der Waals surface area contributed by atoms with E-state index in [4.69, 9.17) is 8.83 Å². The summed E-state index contributed by atoms with van der Waals surface area (Å²) in [6.07, 6.45) is 0. The van der Waals surface area contributed by atoms with E-state index in [1.54, 1.807) is 18.2 Å². The molecule has 0 unspecified atom stereocenters. The molecule has 3 aromatic rings. The molecule has 0 spiro atoms. The van der Waals surface area contributed by atoms with E-state index in [9.17, 15) is 9.18 Å². The van der Waals surface area contributed by atoms with Crippen LogP contribution in [0.5, 0.6) is 0 Å². The molecule has 2 heterocycles. The third-order valence-corrected chi connectivity index (χ3v) is 2.98. The van der Waals surface area contributed by atoms with Crippen LogP contribution in [0.4, 0.5) is 20.9 Å². The normalized spacial score (nSPS) is 10.5. The van der Waals surface area contributed by atoms with Gasteiger partial charge in [-0.1, -0.05) is 17.2 Å². The third-order valence-electron chi connectivity index (χ3n) is 2.55. The summed E-state index contributed by atoms with van der Waals surface area (Å²) in [5.41, 5.74) is 0.0368. The number of anilines is 2. The fourth-order valence-corrected chi connectivity index (χ4v) is 1.92. The zero-order valence-electron chi connectivity index (χ0n) is 10.8. The highest BCUT2D eigenvalue weighted by Gasteiger charge is 2.14. The Bertz CT molecular complexity index is 817. The van der Waals surface area contributed by atoms with E-state index >= 15 is 0 Å². The lowest BCUT2D eigenvalue weighted by molar-refractivity contribution is 0.261. The van der Waals surface area contributed by atoms with E-state index < -0.39 is 11.8 Å². The van der Waals surface area contributed by atoms with E-state index in [1.807, 2.05) is 0 Å². The van der Waals surface area contributed by atoms with Crippen LogP contribution >= 0.6 is 15.9 Å². The highest BCUT2D eigenvalue weighted by molar-refractivity contribution is 9.10. The van der Waals surface area contributed by atoms with E-state index in [1.165, 1.54) is 18.2 Å². The number of nitrogens with one attached hydrogen (secondary N) is 2. The second-order valence-corrected chi connectivity index (χ2v) is 4.86. The Morgan fingerprint density at radius 3 is 2.64 bits per heavy atom. The highest BCUT2D eigenvalue weighted by atomic mass is 79.9. The standard InChI is InChI=1S/C13H8BrFN4O3/c14-10-6-5-9(21-10)11-18-19-13(22-11)17-12(20)16-8-4-2-1-3-7(8)15/h1-6H,(H2,16,17,19,20). The van der Waals surface area contributed by atoms with Crippen molar-refractivity contribution in [2.45, 2.75) is 0 Å². The summed E-state index contributed by atoms with van der Waals surface area (Å²) in [5, 5.41) is 12.0. The van der Waals surface area contributed by atoms with Gasteiger partial charge in [0, 0.05) is 0 Å². The predicted octanol–water partition coefficient (Wildman–Crippen LogP) is 3.88. The maximum Gasteiger partial charge on any atom is 0.327 e. The maximum absolute atomic E-state index is 13.4. The van der Waals surface area contributed by atoms with Gasteiger partial charge in [-0.25, -0.2) is 9.18 Å². The zero-order chi connectivity index (χ0) is 15.5. The van der Waals surface area contributed by atoms with E-state index in [-0.39, 0.29) is 17.6 Å². The van der Waals surface area contributed by atoms with Gasteiger partial charge in [-0.3, -0.25) is 5.32 Å². The van der Waals surface area contributed by atoms with Crippen molar-refractivity contribution < 1.29 is 18.0 Å². The number of urea groups is 1. The number of hydrogen-bond acceptors (Lipinski definition) is 5. The van der Waals surface area contributed by atoms with E-state index in [0.29, 0.717) is 10.4 Å². The number of aromatic nitrogens is 2. The lowest BCUT2D eigenvalue weighted by Crippen LogP contribution is -2.20. The highest BCUT2D eigenvalue weighted by Crippen LogP contribution is 2.24.